The maximum atomic E-state index is 10.9. The van der Waals surface area contributed by atoms with Gasteiger partial charge in [-0.25, -0.2) is 4.79 Å². The van der Waals surface area contributed by atoms with Crippen molar-refractivity contribution in [1.82, 2.24) is 0 Å². The van der Waals surface area contributed by atoms with Crippen LogP contribution in [0, 0.1) is 12.8 Å². The van der Waals surface area contributed by atoms with Crippen LogP contribution in [0.2, 0.25) is 0 Å². The second kappa shape index (κ2) is 4.94. The van der Waals surface area contributed by atoms with Crippen LogP contribution in [0.4, 0.5) is 0 Å². The van der Waals surface area contributed by atoms with Crippen LogP contribution < -0.4 is 5.73 Å². The van der Waals surface area contributed by atoms with Gasteiger partial charge in [-0.15, -0.1) is 12.4 Å². The topological polar surface area (TPSA) is 83.5 Å². The molecular weight excluding hydrogens is 242 g/mol. The van der Waals surface area contributed by atoms with Crippen molar-refractivity contribution in [2.75, 3.05) is 0 Å². The van der Waals surface area contributed by atoms with Crippen molar-refractivity contribution in [3.8, 4) is 5.75 Å². The first-order valence-electron chi connectivity index (χ1n) is 5.33. The molecule has 0 heterocycles. The van der Waals surface area contributed by atoms with Crippen molar-refractivity contribution in [3.63, 3.8) is 0 Å². The van der Waals surface area contributed by atoms with Crippen LogP contribution >= 0.6 is 12.4 Å². The number of rotatable bonds is 3. The molecule has 1 fully saturated rings. The molecule has 1 aliphatic carbocycles. The molecule has 94 valence electrons. The van der Waals surface area contributed by atoms with Crippen LogP contribution in [0.25, 0.3) is 0 Å². The van der Waals surface area contributed by atoms with Crippen LogP contribution in [0.5, 0.6) is 5.75 Å². The Hall–Kier alpha value is -1.26. The van der Waals surface area contributed by atoms with Gasteiger partial charge in [0.05, 0.1) is 0 Å². The Bertz CT molecular complexity index is 444. The molecule has 1 aromatic rings. The number of phenols is 1. The molecule has 0 saturated heterocycles. The first-order valence-corrected chi connectivity index (χ1v) is 5.33. The van der Waals surface area contributed by atoms with Gasteiger partial charge in [-0.3, -0.25) is 0 Å². The van der Waals surface area contributed by atoms with E-state index in [0.29, 0.717) is 11.5 Å². The molecule has 0 unspecified atom stereocenters. The molecule has 0 aromatic heterocycles. The summed E-state index contributed by atoms with van der Waals surface area (Å²) >= 11 is 0. The zero-order chi connectivity index (χ0) is 11.9. The van der Waals surface area contributed by atoms with E-state index in [0.717, 1.165) is 18.4 Å². The van der Waals surface area contributed by atoms with Gasteiger partial charge in [0, 0.05) is 11.6 Å². The second-order valence-corrected chi connectivity index (χ2v) is 4.42. The number of aryl methyl sites for hydroxylation is 1. The van der Waals surface area contributed by atoms with Crippen LogP contribution in [0.1, 0.15) is 40.4 Å². The highest BCUT2D eigenvalue weighted by Crippen LogP contribution is 2.42. The fourth-order valence-electron chi connectivity index (χ4n) is 1.93. The lowest BCUT2D eigenvalue weighted by Gasteiger charge is -2.15. The van der Waals surface area contributed by atoms with Gasteiger partial charge >= 0.3 is 5.97 Å². The van der Waals surface area contributed by atoms with E-state index in [1.165, 1.54) is 6.07 Å². The van der Waals surface area contributed by atoms with Crippen LogP contribution in [-0.4, -0.2) is 16.2 Å². The zero-order valence-corrected chi connectivity index (χ0v) is 10.3. The van der Waals surface area contributed by atoms with Gasteiger partial charge in [0.1, 0.15) is 11.3 Å². The molecule has 17 heavy (non-hydrogen) atoms. The van der Waals surface area contributed by atoms with Gasteiger partial charge in [0.25, 0.3) is 0 Å². The number of carboxylic acids is 1. The van der Waals surface area contributed by atoms with Crippen molar-refractivity contribution in [2.45, 2.75) is 25.8 Å². The Labute approximate surface area is 106 Å². The zero-order valence-electron chi connectivity index (χ0n) is 9.51. The first-order chi connectivity index (χ1) is 7.50. The maximum Gasteiger partial charge on any atom is 0.339 e. The van der Waals surface area contributed by atoms with Gasteiger partial charge in [-0.2, -0.15) is 0 Å². The number of aromatic carboxylic acids is 1. The van der Waals surface area contributed by atoms with E-state index in [1.54, 1.807) is 13.0 Å². The third kappa shape index (κ3) is 2.70. The highest BCUT2D eigenvalue weighted by Gasteiger charge is 2.32. The molecule has 1 atom stereocenters. The van der Waals surface area contributed by atoms with E-state index in [-0.39, 0.29) is 29.8 Å². The average Bonchev–Trinajstić information content (AvgIpc) is 3.03. The third-order valence-electron chi connectivity index (χ3n) is 3.00. The number of hydrogen-bond donors (Lipinski definition) is 3. The summed E-state index contributed by atoms with van der Waals surface area (Å²) in [7, 11) is 0. The van der Waals surface area contributed by atoms with Crippen LogP contribution in [0.15, 0.2) is 12.1 Å². The van der Waals surface area contributed by atoms with Crippen molar-refractivity contribution in [3.05, 3.63) is 28.8 Å². The number of benzene rings is 1. The summed E-state index contributed by atoms with van der Waals surface area (Å²) in [6.07, 6.45) is 2.11. The molecule has 4 N–H and O–H groups in total. The summed E-state index contributed by atoms with van der Waals surface area (Å²) in [6, 6.07) is 2.98. The Morgan fingerprint density at radius 1 is 1.47 bits per heavy atom. The minimum atomic E-state index is -1.12. The van der Waals surface area contributed by atoms with E-state index in [2.05, 4.69) is 0 Å². The first kappa shape index (κ1) is 13.8. The lowest BCUT2D eigenvalue weighted by Crippen LogP contribution is -2.14. The largest absolute Gasteiger partial charge is 0.507 e. The van der Waals surface area contributed by atoms with Crippen LogP contribution in [-0.2, 0) is 0 Å². The molecule has 2 rings (SSSR count). The summed E-state index contributed by atoms with van der Waals surface area (Å²) in [6.45, 7) is 1.80. The lowest BCUT2D eigenvalue weighted by atomic mass is 9.97. The summed E-state index contributed by atoms with van der Waals surface area (Å²) < 4.78 is 0. The van der Waals surface area contributed by atoms with Crippen molar-refractivity contribution in [1.29, 1.82) is 0 Å². The predicted molar refractivity (Wildman–Crippen MR) is 66.7 cm³/mol. The molecule has 0 spiro atoms. The van der Waals surface area contributed by atoms with Gasteiger partial charge in [0.2, 0.25) is 0 Å². The molecule has 1 saturated carbocycles. The molecule has 0 radical (unpaired) electrons. The quantitative estimate of drug-likeness (QED) is 0.775. The van der Waals surface area contributed by atoms with E-state index in [9.17, 15) is 9.90 Å². The summed E-state index contributed by atoms with van der Waals surface area (Å²) in [5.74, 6) is -0.919. The fourth-order valence-corrected chi connectivity index (χ4v) is 1.93. The maximum absolute atomic E-state index is 10.9. The second-order valence-electron chi connectivity index (χ2n) is 4.42. The Balaban J connectivity index is 0.00000144. The molecule has 1 aromatic carbocycles. The molecule has 4 nitrogen and oxygen atoms in total. The Morgan fingerprint density at radius 3 is 2.53 bits per heavy atom. The van der Waals surface area contributed by atoms with Gasteiger partial charge in [0.15, 0.2) is 0 Å². The molecule has 5 heteroatoms. The lowest BCUT2D eigenvalue weighted by molar-refractivity contribution is 0.0693. The fraction of sp³-hybridized carbons (Fsp3) is 0.417. The Kier molecular flexibility index (Phi) is 4.01. The number of carbonyl (C=O) groups is 1. The number of carboxylic acid groups (broad SMARTS) is 1. The highest BCUT2D eigenvalue weighted by molar-refractivity contribution is 5.91. The van der Waals surface area contributed by atoms with E-state index in [1.807, 2.05) is 0 Å². The number of halogens is 1. The van der Waals surface area contributed by atoms with Crippen LogP contribution in [0.3, 0.4) is 0 Å². The Morgan fingerprint density at radius 2 is 2.06 bits per heavy atom. The monoisotopic (exact) mass is 257 g/mol. The van der Waals surface area contributed by atoms with Crippen molar-refractivity contribution < 1.29 is 15.0 Å². The standard InChI is InChI=1S/C12H15NO3.ClH/c1-6-4-8(10(13)7-2-3-7)11(14)9(5-6)12(15)16;/h4-5,7,10,14H,2-3,13H2,1H3,(H,15,16);1H/t10-;/m1./s1. The normalized spacial score (nSPS) is 16.1. The number of hydrogen-bond acceptors (Lipinski definition) is 3. The third-order valence-corrected chi connectivity index (χ3v) is 3.00. The highest BCUT2D eigenvalue weighted by atomic mass is 35.5. The molecule has 1 aliphatic rings. The SMILES string of the molecule is Cc1cc(C(=O)O)c(O)c([C@H](N)C2CC2)c1.Cl. The number of nitrogens with two attached hydrogens (primary N) is 1. The molecular formula is C12H16ClNO3. The summed E-state index contributed by atoms with van der Waals surface area (Å²) in [5.41, 5.74) is 7.28. The summed E-state index contributed by atoms with van der Waals surface area (Å²) in [4.78, 5) is 10.9. The summed E-state index contributed by atoms with van der Waals surface area (Å²) in [5, 5.41) is 18.8. The van der Waals surface area contributed by atoms with Crippen molar-refractivity contribution in [2.24, 2.45) is 11.7 Å². The van der Waals surface area contributed by atoms with Crippen molar-refractivity contribution >= 4 is 18.4 Å². The molecule has 0 bridgehead atoms. The van der Waals surface area contributed by atoms with E-state index >= 15 is 0 Å². The minimum Gasteiger partial charge on any atom is -0.507 e. The molecule has 0 aliphatic heterocycles. The van der Waals surface area contributed by atoms with Gasteiger partial charge in [-0.05, 0) is 37.3 Å². The van der Waals surface area contributed by atoms with Gasteiger partial charge in [-0.1, -0.05) is 6.07 Å². The average molecular weight is 258 g/mol. The number of aromatic hydroxyl groups is 1. The van der Waals surface area contributed by atoms with E-state index in [4.69, 9.17) is 10.8 Å². The predicted octanol–water partition coefficient (Wildman–Crippen LogP) is 2.23. The van der Waals surface area contributed by atoms with E-state index < -0.39 is 5.97 Å². The smallest absolute Gasteiger partial charge is 0.339 e. The van der Waals surface area contributed by atoms with Gasteiger partial charge < -0.3 is 15.9 Å². The molecule has 0 amide bonds. The minimum absolute atomic E-state index is 0.